The molecule has 0 aliphatic rings. The minimum Gasteiger partial charge on any atom is -0.497 e. The highest BCUT2D eigenvalue weighted by Gasteiger charge is 2.22. The van der Waals surface area contributed by atoms with Gasteiger partial charge in [0.25, 0.3) is 0 Å². The molecule has 2 aromatic rings. The Bertz CT molecular complexity index is 930. The van der Waals surface area contributed by atoms with Gasteiger partial charge in [0, 0.05) is 12.6 Å². The predicted octanol–water partition coefficient (Wildman–Crippen LogP) is 1.79. The maximum Gasteiger partial charge on any atom is 0.241 e. The minimum absolute atomic E-state index is 0.250. The highest BCUT2D eigenvalue weighted by atomic mass is 32.2. The van der Waals surface area contributed by atoms with Gasteiger partial charge < -0.3 is 19.5 Å². The van der Waals surface area contributed by atoms with E-state index in [2.05, 4.69) is 5.32 Å². The van der Waals surface area contributed by atoms with Gasteiger partial charge in [-0.1, -0.05) is 12.1 Å². The Balaban J connectivity index is 2.15. The molecule has 0 heterocycles. The van der Waals surface area contributed by atoms with E-state index in [9.17, 15) is 13.2 Å². The summed E-state index contributed by atoms with van der Waals surface area (Å²) in [5.74, 6) is 1.06. The largest absolute Gasteiger partial charge is 0.497 e. The molecule has 1 N–H and O–H groups in total. The van der Waals surface area contributed by atoms with E-state index >= 15 is 0 Å². The van der Waals surface area contributed by atoms with Crippen molar-refractivity contribution in [3.63, 3.8) is 0 Å². The minimum atomic E-state index is -3.70. The molecule has 2 aromatic carbocycles. The number of sulfonamides is 1. The smallest absolute Gasteiger partial charge is 0.241 e. The van der Waals surface area contributed by atoms with E-state index in [1.54, 1.807) is 31.4 Å². The average molecular weight is 408 g/mol. The van der Waals surface area contributed by atoms with Gasteiger partial charge in [-0.05, 0) is 29.8 Å². The monoisotopic (exact) mass is 408 g/mol. The summed E-state index contributed by atoms with van der Waals surface area (Å²) in [5.41, 5.74) is 1.14. The molecule has 0 atom stereocenters. The van der Waals surface area contributed by atoms with Crippen LogP contribution in [-0.4, -0.2) is 48.5 Å². The Morgan fingerprint density at radius 2 is 1.71 bits per heavy atom. The van der Waals surface area contributed by atoms with Gasteiger partial charge >= 0.3 is 0 Å². The molecular weight excluding hydrogens is 384 g/mol. The Hall–Kier alpha value is -2.94. The first-order valence-corrected chi connectivity index (χ1v) is 10.2. The molecule has 1 amide bonds. The van der Waals surface area contributed by atoms with Crippen LogP contribution in [0, 0.1) is 0 Å². The highest BCUT2D eigenvalue weighted by Crippen LogP contribution is 2.32. The molecule has 0 aromatic heterocycles. The van der Waals surface area contributed by atoms with Crippen molar-refractivity contribution in [1.29, 1.82) is 0 Å². The van der Waals surface area contributed by atoms with E-state index in [1.165, 1.54) is 20.3 Å². The van der Waals surface area contributed by atoms with Crippen LogP contribution in [0.4, 0.5) is 5.69 Å². The lowest BCUT2D eigenvalue weighted by Crippen LogP contribution is -2.40. The Morgan fingerprint density at radius 1 is 1.00 bits per heavy atom. The first kappa shape index (κ1) is 21.4. The Kier molecular flexibility index (Phi) is 7.11. The van der Waals surface area contributed by atoms with Crippen molar-refractivity contribution in [2.45, 2.75) is 6.54 Å². The van der Waals surface area contributed by atoms with E-state index in [0.717, 1.165) is 16.1 Å². The Labute approximate surface area is 165 Å². The summed E-state index contributed by atoms with van der Waals surface area (Å²) in [6.07, 6.45) is 1.04. The first-order valence-electron chi connectivity index (χ1n) is 8.38. The molecule has 0 aliphatic heterocycles. The fourth-order valence-electron chi connectivity index (χ4n) is 2.55. The molecule has 28 heavy (non-hydrogen) atoms. The average Bonchev–Trinajstić information content (AvgIpc) is 2.69. The first-order chi connectivity index (χ1) is 13.3. The maximum atomic E-state index is 12.4. The van der Waals surface area contributed by atoms with Crippen molar-refractivity contribution < 1.29 is 27.4 Å². The molecule has 0 aliphatic carbocycles. The highest BCUT2D eigenvalue weighted by molar-refractivity contribution is 7.92. The van der Waals surface area contributed by atoms with Crippen molar-refractivity contribution in [3.05, 3.63) is 48.0 Å². The molecule has 2 rings (SSSR count). The quantitative estimate of drug-likeness (QED) is 0.680. The number of nitrogens with one attached hydrogen (secondary N) is 1. The number of methoxy groups -OCH3 is 3. The van der Waals surface area contributed by atoms with Crippen LogP contribution in [0.15, 0.2) is 42.5 Å². The lowest BCUT2D eigenvalue weighted by atomic mass is 10.2. The molecule has 0 bridgehead atoms. The van der Waals surface area contributed by atoms with Crippen molar-refractivity contribution in [2.24, 2.45) is 0 Å². The number of ether oxygens (including phenoxy) is 3. The summed E-state index contributed by atoms with van der Waals surface area (Å²) in [7, 11) is 0.801. The maximum absolute atomic E-state index is 12.4. The lowest BCUT2D eigenvalue weighted by molar-refractivity contribution is -0.119. The summed E-state index contributed by atoms with van der Waals surface area (Å²) in [6.45, 7) is -0.113. The second-order valence-electron chi connectivity index (χ2n) is 5.94. The number of carbonyl (C=O) groups excluding carboxylic acids is 1. The van der Waals surface area contributed by atoms with Crippen molar-refractivity contribution in [1.82, 2.24) is 5.32 Å². The van der Waals surface area contributed by atoms with Crippen LogP contribution in [0.3, 0.4) is 0 Å². The van der Waals surface area contributed by atoms with Crippen LogP contribution >= 0.6 is 0 Å². The number of hydrogen-bond acceptors (Lipinski definition) is 6. The third-order valence-electron chi connectivity index (χ3n) is 3.97. The van der Waals surface area contributed by atoms with E-state index in [0.29, 0.717) is 22.9 Å². The summed E-state index contributed by atoms with van der Waals surface area (Å²) in [5, 5.41) is 2.72. The van der Waals surface area contributed by atoms with Gasteiger partial charge in [0.2, 0.25) is 15.9 Å². The molecule has 9 heteroatoms. The lowest BCUT2D eigenvalue weighted by Gasteiger charge is -2.23. The molecule has 0 saturated carbocycles. The molecule has 0 spiro atoms. The number of anilines is 1. The predicted molar refractivity (Wildman–Crippen MR) is 107 cm³/mol. The van der Waals surface area contributed by atoms with Gasteiger partial charge in [-0.3, -0.25) is 9.10 Å². The SMILES string of the molecule is COc1cccc(CNC(=O)CN(c2ccc(OC)c(OC)c2)S(C)(=O)=O)c1. The van der Waals surface area contributed by atoms with Crippen LogP contribution in [-0.2, 0) is 21.4 Å². The third-order valence-corrected chi connectivity index (χ3v) is 5.11. The molecule has 0 fully saturated rings. The van der Waals surface area contributed by atoms with E-state index in [4.69, 9.17) is 14.2 Å². The van der Waals surface area contributed by atoms with Gasteiger partial charge in [0.05, 0.1) is 33.3 Å². The summed E-state index contributed by atoms with van der Waals surface area (Å²) in [4.78, 5) is 12.4. The zero-order chi connectivity index (χ0) is 20.7. The zero-order valence-electron chi connectivity index (χ0n) is 16.3. The van der Waals surface area contributed by atoms with Crippen LogP contribution in [0.5, 0.6) is 17.2 Å². The number of amides is 1. The van der Waals surface area contributed by atoms with Gasteiger partial charge in [-0.15, -0.1) is 0 Å². The number of nitrogens with zero attached hydrogens (tertiary/aromatic N) is 1. The summed E-state index contributed by atoms with van der Waals surface area (Å²) in [6, 6.07) is 11.9. The van der Waals surface area contributed by atoms with Crippen molar-refractivity contribution in [2.75, 3.05) is 38.4 Å². The van der Waals surface area contributed by atoms with Gasteiger partial charge in [-0.25, -0.2) is 8.42 Å². The number of hydrogen-bond donors (Lipinski definition) is 1. The standard InChI is InChI=1S/C19H24N2O6S/c1-25-16-7-5-6-14(10-16)12-20-19(22)13-21(28(4,23)24)15-8-9-17(26-2)18(11-15)27-3/h5-11H,12-13H2,1-4H3,(H,20,22). The van der Waals surface area contributed by atoms with Crippen LogP contribution < -0.4 is 23.8 Å². The van der Waals surface area contributed by atoms with Crippen molar-refractivity contribution in [3.8, 4) is 17.2 Å². The molecule has 152 valence electrons. The van der Waals surface area contributed by atoms with Crippen LogP contribution in [0.25, 0.3) is 0 Å². The number of carbonyl (C=O) groups is 1. The van der Waals surface area contributed by atoms with Gasteiger partial charge in [-0.2, -0.15) is 0 Å². The van der Waals surface area contributed by atoms with Gasteiger partial charge in [0.15, 0.2) is 11.5 Å². The zero-order valence-corrected chi connectivity index (χ0v) is 17.1. The van der Waals surface area contributed by atoms with Crippen LogP contribution in [0.2, 0.25) is 0 Å². The Morgan fingerprint density at radius 3 is 2.32 bits per heavy atom. The van der Waals surface area contributed by atoms with Gasteiger partial charge in [0.1, 0.15) is 12.3 Å². The van der Waals surface area contributed by atoms with Crippen LogP contribution in [0.1, 0.15) is 5.56 Å². The molecule has 0 radical (unpaired) electrons. The second-order valence-corrected chi connectivity index (χ2v) is 7.84. The molecular formula is C19H24N2O6S. The number of benzene rings is 2. The van der Waals surface area contributed by atoms with E-state index in [1.807, 2.05) is 12.1 Å². The topological polar surface area (TPSA) is 94.2 Å². The molecule has 0 unspecified atom stereocenters. The second kappa shape index (κ2) is 9.32. The molecule has 8 nitrogen and oxygen atoms in total. The summed E-state index contributed by atoms with van der Waals surface area (Å²) >= 11 is 0. The van der Waals surface area contributed by atoms with E-state index in [-0.39, 0.29) is 13.1 Å². The summed E-state index contributed by atoms with van der Waals surface area (Å²) < 4.78 is 41.0. The number of rotatable bonds is 9. The van der Waals surface area contributed by atoms with E-state index < -0.39 is 15.9 Å². The fraction of sp³-hybridized carbons (Fsp3) is 0.316. The third kappa shape index (κ3) is 5.53. The fourth-order valence-corrected chi connectivity index (χ4v) is 3.40. The van der Waals surface area contributed by atoms with Crippen molar-refractivity contribution >= 4 is 21.6 Å². The normalized spacial score (nSPS) is 10.9. The molecule has 0 saturated heterocycles.